The Labute approximate surface area is 137 Å². The van der Waals surface area contributed by atoms with Crippen molar-refractivity contribution in [3.63, 3.8) is 0 Å². The van der Waals surface area contributed by atoms with Gasteiger partial charge in [0.05, 0.1) is 0 Å². The van der Waals surface area contributed by atoms with E-state index in [2.05, 4.69) is 36.4 Å². The summed E-state index contributed by atoms with van der Waals surface area (Å²) >= 11 is 0. The average Bonchev–Trinajstić information content (AvgIpc) is 2.64. The van der Waals surface area contributed by atoms with Gasteiger partial charge < -0.3 is 0 Å². The van der Waals surface area contributed by atoms with E-state index < -0.39 is 5.78 Å². The van der Waals surface area contributed by atoms with Crippen LogP contribution in [0.3, 0.4) is 0 Å². The Morgan fingerprint density at radius 3 is 1.83 bits per heavy atom. The standard InChI is InChI=1S/C22H12O2/c23-12-20(24)15-10-14-6-3-8-17-16-7-1-4-13-5-2-9-18(21(13)16)19(11-15)22(14)17/h1-12H. The van der Waals surface area contributed by atoms with Crippen LogP contribution in [0.25, 0.3) is 43.1 Å². The van der Waals surface area contributed by atoms with Crippen LogP contribution < -0.4 is 0 Å². The molecule has 0 atom stereocenters. The Bertz CT molecular complexity index is 1280. The smallest absolute Gasteiger partial charge is 0.225 e. The lowest BCUT2D eigenvalue weighted by Crippen LogP contribution is -2.00. The molecule has 0 radical (unpaired) electrons. The zero-order chi connectivity index (χ0) is 16.3. The minimum absolute atomic E-state index is 0.384. The molecule has 2 nitrogen and oxygen atoms in total. The number of aldehydes is 1. The summed E-state index contributed by atoms with van der Waals surface area (Å²) in [6.07, 6.45) is 0.384. The Morgan fingerprint density at radius 2 is 1.21 bits per heavy atom. The number of benzene rings is 5. The monoisotopic (exact) mass is 308 g/mol. The van der Waals surface area contributed by atoms with Crippen LogP contribution in [0.2, 0.25) is 0 Å². The van der Waals surface area contributed by atoms with Gasteiger partial charge in [-0.25, -0.2) is 0 Å². The van der Waals surface area contributed by atoms with E-state index in [0.29, 0.717) is 11.8 Å². The van der Waals surface area contributed by atoms with Crippen LogP contribution in [0.5, 0.6) is 0 Å². The first-order valence-corrected chi connectivity index (χ1v) is 7.87. The van der Waals surface area contributed by atoms with Gasteiger partial charge in [0.15, 0.2) is 6.29 Å². The van der Waals surface area contributed by atoms with Crippen LogP contribution in [0.15, 0.2) is 66.7 Å². The van der Waals surface area contributed by atoms with E-state index in [-0.39, 0.29) is 0 Å². The van der Waals surface area contributed by atoms with Crippen molar-refractivity contribution in [1.82, 2.24) is 0 Å². The molecule has 5 aromatic rings. The van der Waals surface area contributed by atoms with Crippen LogP contribution in [-0.2, 0) is 4.79 Å². The topological polar surface area (TPSA) is 34.1 Å². The second kappa shape index (κ2) is 4.62. The minimum Gasteiger partial charge on any atom is -0.294 e. The SMILES string of the molecule is O=CC(=O)c1cc2cccc3c4cccc5cccc(c(c1)c23)c54. The van der Waals surface area contributed by atoms with Crippen molar-refractivity contribution < 1.29 is 9.59 Å². The number of rotatable bonds is 2. The van der Waals surface area contributed by atoms with Gasteiger partial charge in [0.25, 0.3) is 0 Å². The van der Waals surface area contributed by atoms with Crippen LogP contribution in [-0.4, -0.2) is 12.1 Å². The maximum Gasteiger partial charge on any atom is 0.225 e. The molecular formula is C22H12O2. The molecule has 5 aromatic carbocycles. The fourth-order valence-corrected chi connectivity index (χ4v) is 3.86. The van der Waals surface area contributed by atoms with Crippen LogP contribution >= 0.6 is 0 Å². The molecule has 0 unspecified atom stereocenters. The van der Waals surface area contributed by atoms with Crippen molar-refractivity contribution in [2.45, 2.75) is 0 Å². The maximum atomic E-state index is 11.9. The van der Waals surface area contributed by atoms with Gasteiger partial charge in [-0.05, 0) is 55.2 Å². The summed E-state index contributed by atoms with van der Waals surface area (Å²) in [4.78, 5) is 22.9. The van der Waals surface area contributed by atoms with E-state index in [4.69, 9.17) is 0 Å². The number of carbonyl (C=O) groups excluding carboxylic acids is 2. The fraction of sp³-hybridized carbons (Fsp3) is 0. The van der Waals surface area contributed by atoms with Gasteiger partial charge in [-0.3, -0.25) is 9.59 Å². The molecule has 0 amide bonds. The summed E-state index contributed by atoms with van der Waals surface area (Å²) in [5.74, 6) is -0.482. The highest BCUT2D eigenvalue weighted by Crippen LogP contribution is 2.40. The van der Waals surface area contributed by atoms with Crippen molar-refractivity contribution >= 4 is 55.2 Å². The molecule has 0 aliphatic heterocycles. The zero-order valence-corrected chi connectivity index (χ0v) is 12.7. The molecule has 112 valence electrons. The summed E-state index contributed by atoms with van der Waals surface area (Å²) in [5, 5.41) is 9.06. The Hall–Kier alpha value is -3.26. The van der Waals surface area contributed by atoms with Crippen molar-refractivity contribution in [2.75, 3.05) is 0 Å². The largest absolute Gasteiger partial charge is 0.294 e. The third-order valence-electron chi connectivity index (χ3n) is 4.85. The molecule has 0 aliphatic carbocycles. The molecule has 0 N–H and O–H groups in total. The molecule has 0 aromatic heterocycles. The van der Waals surface area contributed by atoms with Crippen molar-refractivity contribution in [2.24, 2.45) is 0 Å². The highest BCUT2D eigenvalue weighted by atomic mass is 16.2. The predicted octanol–water partition coefficient (Wildman–Crippen LogP) is 5.12. The number of carbonyl (C=O) groups is 2. The van der Waals surface area contributed by atoms with Crippen LogP contribution in [0.4, 0.5) is 0 Å². The third kappa shape index (κ3) is 1.60. The first kappa shape index (κ1) is 13.2. The first-order valence-electron chi connectivity index (χ1n) is 7.87. The van der Waals surface area contributed by atoms with Gasteiger partial charge in [0.1, 0.15) is 0 Å². The second-order valence-electron chi connectivity index (χ2n) is 6.12. The zero-order valence-electron chi connectivity index (χ0n) is 12.7. The van der Waals surface area contributed by atoms with E-state index in [1.807, 2.05) is 30.3 Å². The highest BCUT2D eigenvalue weighted by molar-refractivity contribution is 6.37. The number of hydrogen-bond acceptors (Lipinski definition) is 2. The van der Waals surface area contributed by atoms with E-state index in [1.54, 1.807) is 0 Å². The molecule has 0 fully saturated rings. The predicted molar refractivity (Wildman–Crippen MR) is 98.0 cm³/mol. The Balaban J connectivity index is 2.16. The average molecular weight is 308 g/mol. The molecule has 0 aliphatic rings. The van der Waals surface area contributed by atoms with E-state index in [1.165, 1.54) is 21.5 Å². The highest BCUT2D eigenvalue weighted by Gasteiger charge is 2.15. The molecular weight excluding hydrogens is 296 g/mol. The number of fused-ring (bicyclic) bond motifs is 2. The van der Waals surface area contributed by atoms with Crippen molar-refractivity contribution in [3.05, 3.63) is 72.3 Å². The molecule has 0 saturated heterocycles. The van der Waals surface area contributed by atoms with Crippen molar-refractivity contribution in [1.29, 1.82) is 0 Å². The Morgan fingerprint density at radius 1 is 0.667 bits per heavy atom. The van der Waals surface area contributed by atoms with Crippen LogP contribution in [0.1, 0.15) is 10.4 Å². The maximum absolute atomic E-state index is 11.9. The lowest BCUT2D eigenvalue weighted by molar-refractivity contribution is -0.104. The fourth-order valence-electron chi connectivity index (χ4n) is 3.86. The molecule has 0 heterocycles. The lowest BCUT2D eigenvalue weighted by atomic mass is 9.88. The molecule has 0 bridgehead atoms. The normalized spacial score (nSPS) is 11.7. The van der Waals surface area contributed by atoms with Gasteiger partial charge in [0.2, 0.25) is 5.78 Å². The molecule has 0 saturated carbocycles. The number of Topliss-reactive ketones (excluding diaryl/α,β-unsaturated/α-hetero) is 1. The molecule has 2 heteroatoms. The lowest BCUT2D eigenvalue weighted by Gasteiger charge is -2.14. The number of ketones is 1. The third-order valence-corrected chi connectivity index (χ3v) is 4.85. The quantitative estimate of drug-likeness (QED) is 0.149. The van der Waals surface area contributed by atoms with Gasteiger partial charge in [-0.1, -0.05) is 54.6 Å². The van der Waals surface area contributed by atoms with E-state index in [9.17, 15) is 9.59 Å². The van der Waals surface area contributed by atoms with E-state index >= 15 is 0 Å². The summed E-state index contributed by atoms with van der Waals surface area (Å²) in [5.41, 5.74) is 0.445. The van der Waals surface area contributed by atoms with Gasteiger partial charge >= 0.3 is 0 Å². The summed E-state index contributed by atoms with van der Waals surface area (Å²) in [7, 11) is 0. The van der Waals surface area contributed by atoms with Crippen molar-refractivity contribution in [3.8, 4) is 0 Å². The summed E-state index contributed by atoms with van der Waals surface area (Å²) < 4.78 is 0. The van der Waals surface area contributed by atoms with Gasteiger partial charge in [0, 0.05) is 5.56 Å². The summed E-state index contributed by atoms with van der Waals surface area (Å²) in [6.45, 7) is 0. The van der Waals surface area contributed by atoms with Crippen LogP contribution in [0, 0.1) is 0 Å². The minimum atomic E-state index is -0.482. The Kier molecular flexibility index (Phi) is 2.54. The van der Waals surface area contributed by atoms with Gasteiger partial charge in [-0.2, -0.15) is 0 Å². The molecule has 0 spiro atoms. The molecule has 5 rings (SSSR count). The summed E-state index contributed by atoms with van der Waals surface area (Å²) in [6, 6.07) is 22.4. The number of hydrogen-bond donors (Lipinski definition) is 0. The first-order chi connectivity index (χ1) is 11.8. The van der Waals surface area contributed by atoms with E-state index in [0.717, 1.165) is 21.5 Å². The second-order valence-corrected chi connectivity index (χ2v) is 6.12. The van der Waals surface area contributed by atoms with Gasteiger partial charge in [-0.15, -0.1) is 0 Å². The molecule has 24 heavy (non-hydrogen) atoms.